The highest BCUT2D eigenvalue weighted by molar-refractivity contribution is 6.13. The third-order valence-electron chi connectivity index (χ3n) is 9.01. The van der Waals surface area contributed by atoms with Crippen molar-refractivity contribution in [1.82, 2.24) is 19.5 Å². The number of aromatic nitrogens is 4. The molecule has 0 radical (unpaired) electrons. The fraction of sp³-hybridized carbons (Fsp3) is 0. The number of ether oxygens (including phenoxy) is 1. The smallest absolute Gasteiger partial charge is 0.238 e. The van der Waals surface area contributed by atoms with Crippen molar-refractivity contribution in [3.63, 3.8) is 0 Å². The number of benzene rings is 7. The molecule has 0 N–H and O–H groups in total. The van der Waals surface area contributed by atoms with Gasteiger partial charge in [0.25, 0.3) is 0 Å². The SMILES string of the molecule is c1ccc(-c2nc(-c3ccc4ccccc4c3)nc(-n3c4ccccc4c4cc5c(cc43)-c3cccc4cccc(c34)O5)n2)cc1. The second-order valence-corrected chi connectivity index (χ2v) is 11.7. The van der Waals surface area contributed by atoms with E-state index < -0.39 is 0 Å². The van der Waals surface area contributed by atoms with Crippen LogP contribution in [0.15, 0.2) is 146 Å². The third-order valence-corrected chi connectivity index (χ3v) is 9.01. The van der Waals surface area contributed by atoms with E-state index in [1.54, 1.807) is 0 Å². The Hall–Kier alpha value is -6.33. The molecule has 7 aromatic carbocycles. The van der Waals surface area contributed by atoms with E-state index in [1.165, 1.54) is 5.39 Å². The Balaban J connectivity index is 1.27. The van der Waals surface area contributed by atoms with E-state index in [0.29, 0.717) is 17.6 Å². The minimum atomic E-state index is 0.568. The number of hydrogen-bond donors (Lipinski definition) is 0. The molecule has 0 unspecified atom stereocenters. The highest BCUT2D eigenvalue weighted by Crippen LogP contribution is 2.49. The van der Waals surface area contributed by atoms with Gasteiger partial charge in [-0.3, -0.25) is 4.57 Å². The zero-order valence-corrected chi connectivity index (χ0v) is 24.6. The largest absolute Gasteiger partial charge is 0.456 e. The van der Waals surface area contributed by atoms with Gasteiger partial charge in [-0.05, 0) is 52.1 Å². The molecule has 0 saturated carbocycles. The van der Waals surface area contributed by atoms with Gasteiger partial charge < -0.3 is 4.74 Å². The van der Waals surface area contributed by atoms with Gasteiger partial charge in [0.15, 0.2) is 11.6 Å². The summed E-state index contributed by atoms with van der Waals surface area (Å²) >= 11 is 0. The first-order valence-electron chi connectivity index (χ1n) is 15.4. The third kappa shape index (κ3) is 3.72. The molecule has 9 aromatic rings. The minimum Gasteiger partial charge on any atom is -0.456 e. The van der Waals surface area contributed by atoms with Crippen LogP contribution in [0.4, 0.5) is 0 Å². The van der Waals surface area contributed by atoms with Crippen LogP contribution in [0.25, 0.3) is 83.2 Å². The first kappa shape index (κ1) is 25.0. The Labute approximate surface area is 264 Å². The van der Waals surface area contributed by atoms with Crippen molar-refractivity contribution in [2.24, 2.45) is 0 Å². The highest BCUT2D eigenvalue weighted by atomic mass is 16.5. The molecule has 3 heterocycles. The molecular formula is C41H24N4O. The highest BCUT2D eigenvalue weighted by Gasteiger charge is 2.24. The summed E-state index contributed by atoms with van der Waals surface area (Å²) in [4.78, 5) is 15.3. The molecule has 10 rings (SSSR count). The number of rotatable bonds is 3. The van der Waals surface area contributed by atoms with Crippen molar-refractivity contribution in [3.8, 4) is 51.3 Å². The lowest BCUT2D eigenvalue weighted by Gasteiger charge is -2.21. The van der Waals surface area contributed by atoms with Crippen LogP contribution in [0.2, 0.25) is 0 Å². The normalized spacial score (nSPS) is 12.1. The van der Waals surface area contributed by atoms with E-state index in [0.717, 1.165) is 71.7 Å². The minimum absolute atomic E-state index is 0.568. The monoisotopic (exact) mass is 588 g/mol. The summed E-state index contributed by atoms with van der Waals surface area (Å²) < 4.78 is 8.73. The van der Waals surface area contributed by atoms with E-state index in [-0.39, 0.29) is 0 Å². The Morgan fingerprint density at radius 2 is 1.17 bits per heavy atom. The van der Waals surface area contributed by atoms with E-state index in [4.69, 9.17) is 19.7 Å². The van der Waals surface area contributed by atoms with Crippen LogP contribution in [0.3, 0.4) is 0 Å². The van der Waals surface area contributed by atoms with Gasteiger partial charge in [-0.25, -0.2) is 4.98 Å². The van der Waals surface area contributed by atoms with Crippen LogP contribution in [-0.4, -0.2) is 19.5 Å². The summed E-state index contributed by atoms with van der Waals surface area (Å²) in [6.07, 6.45) is 0. The summed E-state index contributed by atoms with van der Waals surface area (Å²) in [6, 6.07) is 50.3. The van der Waals surface area contributed by atoms with Crippen LogP contribution in [0.5, 0.6) is 11.5 Å². The molecule has 0 aliphatic carbocycles. The maximum absolute atomic E-state index is 6.56. The van der Waals surface area contributed by atoms with Crippen molar-refractivity contribution in [1.29, 1.82) is 0 Å². The molecule has 5 heteroatoms. The molecule has 5 nitrogen and oxygen atoms in total. The molecule has 0 atom stereocenters. The Morgan fingerprint density at radius 1 is 0.435 bits per heavy atom. The molecule has 1 aliphatic heterocycles. The predicted octanol–water partition coefficient (Wildman–Crippen LogP) is 10.4. The summed E-state index contributed by atoms with van der Waals surface area (Å²) in [5, 5.41) is 6.79. The lowest BCUT2D eigenvalue weighted by atomic mass is 9.94. The fourth-order valence-electron chi connectivity index (χ4n) is 6.88. The van der Waals surface area contributed by atoms with Gasteiger partial charge in [0.05, 0.1) is 11.0 Å². The fourth-order valence-corrected chi connectivity index (χ4v) is 6.88. The molecule has 1 aliphatic rings. The molecule has 0 spiro atoms. The quantitative estimate of drug-likeness (QED) is 0.206. The Kier molecular flexibility index (Phi) is 5.22. The standard InChI is InChI=1S/C41H24N4O/c1-2-11-27(12-3-1)39-42-40(29-21-20-25-10-4-5-13-28(25)22-29)44-41(43-39)45-34-18-7-6-16-30(34)32-24-37-33(23-35(32)45)31-17-8-14-26-15-9-19-36(46-37)38(26)31/h1-24H. The van der Waals surface area contributed by atoms with Gasteiger partial charge in [0, 0.05) is 32.8 Å². The molecule has 0 fully saturated rings. The average Bonchev–Trinajstić information content (AvgIpc) is 3.44. The molecule has 46 heavy (non-hydrogen) atoms. The van der Waals surface area contributed by atoms with Crippen molar-refractivity contribution in [3.05, 3.63) is 146 Å². The van der Waals surface area contributed by atoms with Gasteiger partial charge in [-0.15, -0.1) is 0 Å². The van der Waals surface area contributed by atoms with E-state index in [1.807, 2.05) is 36.4 Å². The zero-order chi connectivity index (χ0) is 30.2. The van der Waals surface area contributed by atoms with Crippen LogP contribution in [0, 0.1) is 0 Å². The van der Waals surface area contributed by atoms with Gasteiger partial charge >= 0.3 is 0 Å². The summed E-state index contributed by atoms with van der Waals surface area (Å²) in [6.45, 7) is 0. The van der Waals surface area contributed by atoms with Crippen molar-refractivity contribution in [2.45, 2.75) is 0 Å². The van der Waals surface area contributed by atoms with Gasteiger partial charge in [-0.2, -0.15) is 9.97 Å². The zero-order valence-electron chi connectivity index (χ0n) is 24.6. The molecule has 0 amide bonds. The number of para-hydroxylation sites is 1. The van der Waals surface area contributed by atoms with Crippen LogP contribution in [0.1, 0.15) is 0 Å². The van der Waals surface area contributed by atoms with Gasteiger partial charge in [0.2, 0.25) is 5.95 Å². The topological polar surface area (TPSA) is 52.8 Å². The molecule has 0 bridgehead atoms. The van der Waals surface area contributed by atoms with Crippen LogP contribution >= 0.6 is 0 Å². The first-order valence-corrected chi connectivity index (χ1v) is 15.4. The summed E-state index contributed by atoms with van der Waals surface area (Å²) in [5.41, 5.74) is 6.11. The summed E-state index contributed by atoms with van der Waals surface area (Å²) in [7, 11) is 0. The van der Waals surface area contributed by atoms with Crippen LogP contribution < -0.4 is 4.74 Å². The van der Waals surface area contributed by atoms with E-state index in [2.05, 4.69) is 114 Å². The lowest BCUT2D eigenvalue weighted by Crippen LogP contribution is -2.06. The maximum atomic E-state index is 6.56. The number of fused-ring (bicyclic) bond motifs is 6. The second kappa shape index (κ2) is 9.58. The second-order valence-electron chi connectivity index (χ2n) is 11.7. The molecule has 0 saturated heterocycles. The van der Waals surface area contributed by atoms with Crippen molar-refractivity contribution >= 4 is 43.4 Å². The lowest BCUT2D eigenvalue weighted by molar-refractivity contribution is 0.488. The molecule has 2 aromatic heterocycles. The number of nitrogens with zero attached hydrogens (tertiary/aromatic N) is 4. The predicted molar refractivity (Wildman–Crippen MR) is 186 cm³/mol. The Bertz CT molecular complexity index is 2670. The van der Waals surface area contributed by atoms with Crippen molar-refractivity contribution < 1.29 is 4.74 Å². The average molecular weight is 589 g/mol. The maximum Gasteiger partial charge on any atom is 0.238 e. The van der Waals surface area contributed by atoms with E-state index >= 15 is 0 Å². The van der Waals surface area contributed by atoms with Crippen LogP contribution in [-0.2, 0) is 0 Å². The molecular weight excluding hydrogens is 564 g/mol. The first-order chi connectivity index (χ1) is 22.8. The van der Waals surface area contributed by atoms with Gasteiger partial charge in [-0.1, -0.05) is 115 Å². The number of hydrogen-bond acceptors (Lipinski definition) is 4. The Morgan fingerprint density at radius 3 is 2.07 bits per heavy atom. The molecule has 214 valence electrons. The van der Waals surface area contributed by atoms with Crippen molar-refractivity contribution in [2.75, 3.05) is 0 Å². The van der Waals surface area contributed by atoms with Gasteiger partial charge in [0.1, 0.15) is 11.5 Å². The summed E-state index contributed by atoms with van der Waals surface area (Å²) in [5.74, 6) is 3.55. The van der Waals surface area contributed by atoms with E-state index in [9.17, 15) is 0 Å².